The quantitative estimate of drug-likeness (QED) is 0.753. The Bertz CT molecular complexity index is 269. The van der Waals surface area contributed by atoms with E-state index in [-0.39, 0.29) is 0 Å². The average Bonchev–Trinajstić information content (AvgIpc) is 2.22. The van der Waals surface area contributed by atoms with Crippen LogP contribution in [0.2, 0.25) is 0 Å². The van der Waals surface area contributed by atoms with Crippen molar-refractivity contribution in [2.75, 3.05) is 0 Å². The normalized spacial score (nSPS) is 10.8. The first kappa shape index (κ1) is 11.1. The summed E-state index contributed by atoms with van der Waals surface area (Å²) >= 11 is 0. The van der Waals surface area contributed by atoms with Gasteiger partial charge in [0.1, 0.15) is 5.75 Å². The number of phenols is 1. The molecular formula is C12H19NO. The molecule has 0 aromatic heterocycles. The van der Waals surface area contributed by atoms with Crippen LogP contribution in [0, 0.1) is 0 Å². The maximum absolute atomic E-state index is 9.53. The van der Waals surface area contributed by atoms with Gasteiger partial charge in [0.05, 0.1) is 0 Å². The Labute approximate surface area is 86.0 Å². The molecule has 2 heteroatoms. The predicted molar refractivity (Wildman–Crippen MR) is 59.3 cm³/mol. The molecule has 0 saturated carbocycles. The van der Waals surface area contributed by atoms with Crippen molar-refractivity contribution < 1.29 is 5.11 Å². The van der Waals surface area contributed by atoms with Crippen LogP contribution in [0.4, 0.5) is 0 Å². The van der Waals surface area contributed by atoms with Crippen LogP contribution in [0.3, 0.4) is 0 Å². The van der Waals surface area contributed by atoms with E-state index in [1.807, 2.05) is 18.2 Å². The second-order valence-corrected chi connectivity index (χ2v) is 3.52. The lowest BCUT2D eigenvalue weighted by Gasteiger charge is -2.14. The Kier molecular flexibility index (Phi) is 4.47. The van der Waals surface area contributed by atoms with E-state index in [0.29, 0.717) is 11.8 Å². The zero-order valence-electron chi connectivity index (χ0n) is 8.96. The molecule has 0 saturated heterocycles. The van der Waals surface area contributed by atoms with E-state index in [9.17, 15) is 5.11 Å². The highest BCUT2D eigenvalue weighted by molar-refractivity contribution is 5.31. The molecule has 0 unspecified atom stereocenters. The molecule has 0 atom stereocenters. The molecule has 0 spiro atoms. The van der Waals surface area contributed by atoms with Gasteiger partial charge < -0.3 is 10.4 Å². The molecule has 78 valence electrons. The number of hydrogen-bond acceptors (Lipinski definition) is 2. The second-order valence-electron chi connectivity index (χ2n) is 3.52. The minimum Gasteiger partial charge on any atom is -0.508 e. The Morgan fingerprint density at radius 2 is 1.86 bits per heavy atom. The molecule has 0 amide bonds. The van der Waals surface area contributed by atoms with Gasteiger partial charge in [0, 0.05) is 18.2 Å². The molecule has 14 heavy (non-hydrogen) atoms. The summed E-state index contributed by atoms with van der Waals surface area (Å²) in [5, 5.41) is 12.9. The molecule has 0 aliphatic carbocycles. The third-order valence-corrected chi connectivity index (χ3v) is 2.56. The summed E-state index contributed by atoms with van der Waals surface area (Å²) in [5.41, 5.74) is 0.972. The van der Waals surface area contributed by atoms with Crippen molar-refractivity contribution in [3.05, 3.63) is 29.8 Å². The molecule has 1 rings (SSSR count). The van der Waals surface area contributed by atoms with Crippen molar-refractivity contribution in [3.63, 3.8) is 0 Å². The van der Waals surface area contributed by atoms with Gasteiger partial charge in [-0.15, -0.1) is 0 Å². The fourth-order valence-electron chi connectivity index (χ4n) is 1.49. The lowest BCUT2D eigenvalue weighted by atomic mass is 10.1. The smallest absolute Gasteiger partial charge is 0.120 e. The average molecular weight is 193 g/mol. The van der Waals surface area contributed by atoms with Gasteiger partial charge in [-0.2, -0.15) is 0 Å². The first-order valence-corrected chi connectivity index (χ1v) is 5.28. The Morgan fingerprint density at radius 1 is 1.21 bits per heavy atom. The van der Waals surface area contributed by atoms with Gasteiger partial charge in [-0.1, -0.05) is 32.0 Å². The zero-order chi connectivity index (χ0) is 10.4. The van der Waals surface area contributed by atoms with Crippen LogP contribution in [0.15, 0.2) is 24.3 Å². The van der Waals surface area contributed by atoms with Crippen molar-refractivity contribution >= 4 is 0 Å². The van der Waals surface area contributed by atoms with Gasteiger partial charge in [0.2, 0.25) is 0 Å². The lowest BCUT2D eigenvalue weighted by Crippen LogP contribution is -2.26. The van der Waals surface area contributed by atoms with Crippen LogP contribution >= 0.6 is 0 Å². The fraction of sp³-hybridized carbons (Fsp3) is 0.500. The summed E-state index contributed by atoms with van der Waals surface area (Å²) in [4.78, 5) is 0. The first-order valence-electron chi connectivity index (χ1n) is 5.28. The number of phenolic OH excluding ortho intramolecular Hbond substituents is 1. The summed E-state index contributed by atoms with van der Waals surface area (Å²) in [6.45, 7) is 5.09. The van der Waals surface area contributed by atoms with Crippen molar-refractivity contribution in [1.82, 2.24) is 5.32 Å². The van der Waals surface area contributed by atoms with E-state index in [0.717, 1.165) is 24.9 Å². The molecule has 2 N–H and O–H groups in total. The van der Waals surface area contributed by atoms with E-state index < -0.39 is 0 Å². The fourth-order valence-corrected chi connectivity index (χ4v) is 1.49. The van der Waals surface area contributed by atoms with Gasteiger partial charge in [0.25, 0.3) is 0 Å². The van der Waals surface area contributed by atoms with Gasteiger partial charge in [0.15, 0.2) is 0 Å². The lowest BCUT2D eigenvalue weighted by molar-refractivity contribution is 0.447. The molecule has 2 nitrogen and oxygen atoms in total. The van der Waals surface area contributed by atoms with Gasteiger partial charge in [-0.25, -0.2) is 0 Å². The minimum atomic E-state index is 0.381. The van der Waals surface area contributed by atoms with Crippen LogP contribution < -0.4 is 5.32 Å². The highest BCUT2D eigenvalue weighted by Gasteiger charge is 2.04. The SMILES string of the molecule is CCC(CC)NCc1ccccc1O. The highest BCUT2D eigenvalue weighted by Crippen LogP contribution is 2.15. The molecule has 0 fully saturated rings. The molecule has 1 aromatic carbocycles. The monoisotopic (exact) mass is 193 g/mol. The Morgan fingerprint density at radius 3 is 2.43 bits per heavy atom. The van der Waals surface area contributed by atoms with Crippen molar-refractivity contribution in [3.8, 4) is 5.75 Å². The number of rotatable bonds is 5. The molecular weight excluding hydrogens is 174 g/mol. The molecule has 0 aliphatic rings. The summed E-state index contributed by atoms with van der Waals surface area (Å²) < 4.78 is 0. The molecule has 0 bridgehead atoms. The van der Waals surface area contributed by atoms with Gasteiger partial charge in [-0.05, 0) is 18.9 Å². The minimum absolute atomic E-state index is 0.381. The number of para-hydroxylation sites is 1. The van der Waals surface area contributed by atoms with Crippen molar-refractivity contribution in [2.24, 2.45) is 0 Å². The Balaban J connectivity index is 2.49. The molecule has 0 heterocycles. The van der Waals surface area contributed by atoms with Crippen LogP contribution in [0.1, 0.15) is 32.3 Å². The number of benzene rings is 1. The predicted octanol–water partition coefficient (Wildman–Crippen LogP) is 2.67. The summed E-state index contributed by atoms with van der Waals surface area (Å²) in [5.74, 6) is 0.381. The van der Waals surface area contributed by atoms with E-state index in [4.69, 9.17) is 0 Å². The maximum atomic E-state index is 9.53. The zero-order valence-corrected chi connectivity index (χ0v) is 8.96. The van der Waals surface area contributed by atoms with E-state index in [1.165, 1.54) is 0 Å². The number of aromatic hydroxyl groups is 1. The van der Waals surface area contributed by atoms with Crippen LogP contribution in [0.5, 0.6) is 5.75 Å². The van der Waals surface area contributed by atoms with Crippen molar-refractivity contribution in [1.29, 1.82) is 0 Å². The first-order chi connectivity index (χ1) is 6.77. The highest BCUT2D eigenvalue weighted by atomic mass is 16.3. The second kappa shape index (κ2) is 5.66. The van der Waals surface area contributed by atoms with Gasteiger partial charge in [-0.3, -0.25) is 0 Å². The van der Waals surface area contributed by atoms with Crippen LogP contribution in [0.25, 0.3) is 0 Å². The third kappa shape index (κ3) is 3.04. The number of nitrogens with one attached hydrogen (secondary N) is 1. The van der Waals surface area contributed by atoms with Gasteiger partial charge >= 0.3 is 0 Å². The topological polar surface area (TPSA) is 32.3 Å². The third-order valence-electron chi connectivity index (χ3n) is 2.56. The molecule has 1 aromatic rings. The molecule has 0 aliphatic heterocycles. The van der Waals surface area contributed by atoms with E-state index >= 15 is 0 Å². The Hall–Kier alpha value is -1.02. The number of hydrogen-bond donors (Lipinski definition) is 2. The standard InChI is InChI=1S/C12H19NO/c1-3-11(4-2)13-9-10-7-5-6-8-12(10)14/h5-8,11,13-14H,3-4,9H2,1-2H3. The maximum Gasteiger partial charge on any atom is 0.120 e. The van der Waals surface area contributed by atoms with Crippen molar-refractivity contribution in [2.45, 2.75) is 39.3 Å². The summed E-state index contributed by atoms with van der Waals surface area (Å²) in [6, 6.07) is 8.02. The largest absolute Gasteiger partial charge is 0.508 e. The van der Waals surface area contributed by atoms with Crippen LogP contribution in [-0.4, -0.2) is 11.1 Å². The van der Waals surface area contributed by atoms with Crippen LogP contribution in [-0.2, 0) is 6.54 Å². The summed E-state index contributed by atoms with van der Waals surface area (Å²) in [6.07, 6.45) is 2.26. The summed E-state index contributed by atoms with van der Waals surface area (Å²) in [7, 11) is 0. The van der Waals surface area contributed by atoms with E-state index in [2.05, 4.69) is 19.2 Å². The molecule has 0 radical (unpaired) electrons. The van der Waals surface area contributed by atoms with E-state index in [1.54, 1.807) is 6.07 Å².